The molecule has 0 saturated carbocycles. The number of nitrogens with zero attached hydrogens (tertiary/aromatic N) is 2. The average Bonchev–Trinajstić information content (AvgIpc) is 2.99. The average molecular weight is 272 g/mol. The molecule has 0 bridgehead atoms. The van der Waals surface area contributed by atoms with Crippen LogP contribution >= 0.6 is 0 Å². The molecule has 0 spiro atoms. The van der Waals surface area contributed by atoms with Crippen molar-refractivity contribution in [3.05, 3.63) is 0 Å². The van der Waals surface area contributed by atoms with Crippen molar-refractivity contribution in [2.45, 2.75) is 31.4 Å². The molecule has 2 heterocycles. The van der Waals surface area contributed by atoms with E-state index < -0.39 is 6.09 Å². The van der Waals surface area contributed by atoms with Gasteiger partial charge in [-0.3, -0.25) is 4.90 Å². The Kier molecular flexibility index (Phi) is 5.42. The fraction of sp³-hybridized carbons (Fsp3) is 0.923. The van der Waals surface area contributed by atoms with Crippen LogP contribution in [0.1, 0.15) is 19.3 Å². The molecule has 0 aromatic carbocycles. The lowest BCUT2D eigenvalue weighted by Crippen LogP contribution is -2.42. The van der Waals surface area contributed by atoms with Crippen molar-refractivity contribution in [3.8, 4) is 0 Å². The van der Waals surface area contributed by atoms with Crippen LogP contribution in [0.2, 0.25) is 0 Å². The molecule has 6 heteroatoms. The highest BCUT2D eigenvalue weighted by Gasteiger charge is 2.32. The van der Waals surface area contributed by atoms with Crippen molar-refractivity contribution in [2.75, 3.05) is 46.5 Å². The van der Waals surface area contributed by atoms with Gasteiger partial charge in [-0.1, -0.05) is 0 Å². The summed E-state index contributed by atoms with van der Waals surface area (Å²) >= 11 is 0. The van der Waals surface area contributed by atoms with Crippen molar-refractivity contribution in [1.29, 1.82) is 0 Å². The van der Waals surface area contributed by atoms with Crippen molar-refractivity contribution in [3.63, 3.8) is 0 Å². The van der Waals surface area contributed by atoms with Gasteiger partial charge in [-0.15, -0.1) is 0 Å². The van der Waals surface area contributed by atoms with Gasteiger partial charge in [-0.2, -0.15) is 0 Å². The standard InChI is InChI=1S/C13H24N2O4/c1-18-7-8-19-12-4-6-14(10-12)9-11-3-2-5-15(11)13(16)17/h11-12H,2-10H2,1H3,(H,16,17). The molecular formula is C13H24N2O4. The molecule has 0 radical (unpaired) electrons. The van der Waals surface area contributed by atoms with Crippen LogP contribution in [-0.2, 0) is 9.47 Å². The molecule has 0 aromatic heterocycles. The van der Waals surface area contributed by atoms with Gasteiger partial charge in [0.25, 0.3) is 0 Å². The summed E-state index contributed by atoms with van der Waals surface area (Å²) in [5, 5.41) is 9.12. The Morgan fingerprint density at radius 1 is 1.32 bits per heavy atom. The van der Waals surface area contributed by atoms with E-state index in [1.807, 2.05) is 0 Å². The first-order chi connectivity index (χ1) is 9.20. The summed E-state index contributed by atoms with van der Waals surface area (Å²) in [4.78, 5) is 15.0. The predicted molar refractivity (Wildman–Crippen MR) is 70.4 cm³/mol. The van der Waals surface area contributed by atoms with E-state index in [2.05, 4.69) is 4.90 Å². The first-order valence-corrected chi connectivity index (χ1v) is 7.03. The van der Waals surface area contributed by atoms with Crippen LogP contribution < -0.4 is 0 Å². The molecule has 1 N–H and O–H groups in total. The van der Waals surface area contributed by atoms with E-state index in [9.17, 15) is 4.79 Å². The molecular weight excluding hydrogens is 248 g/mol. The summed E-state index contributed by atoms with van der Waals surface area (Å²) in [7, 11) is 1.67. The second-order valence-electron chi connectivity index (χ2n) is 5.31. The molecule has 19 heavy (non-hydrogen) atoms. The molecule has 2 saturated heterocycles. The summed E-state index contributed by atoms with van der Waals surface area (Å²) in [6.45, 7) is 4.71. The third-order valence-electron chi connectivity index (χ3n) is 3.96. The fourth-order valence-electron chi connectivity index (χ4n) is 2.97. The van der Waals surface area contributed by atoms with E-state index in [1.54, 1.807) is 12.0 Å². The van der Waals surface area contributed by atoms with Crippen LogP contribution in [-0.4, -0.2) is 79.6 Å². The highest BCUT2D eigenvalue weighted by Crippen LogP contribution is 2.21. The van der Waals surface area contributed by atoms with Crippen LogP contribution in [0.3, 0.4) is 0 Å². The number of ether oxygens (including phenoxy) is 2. The molecule has 0 aliphatic carbocycles. The van der Waals surface area contributed by atoms with E-state index in [0.29, 0.717) is 19.8 Å². The topological polar surface area (TPSA) is 62.2 Å². The van der Waals surface area contributed by atoms with E-state index >= 15 is 0 Å². The Balaban J connectivity index is 1.71. The van der Waals surface area contributed by atoms with Crippen LogP contribution in [0, 0.1) is 0 Å². The van der Waals surface area contributed by atoms with Crippen LogP contribution in [0.5, 0.6) is 0 Å². The predicted octanol–water partition coefficient (Wildman–Crippen LogP) is 0.866. The van der Waals surface area contributed by atoms with Crippen molar-refractivity contribution in [1.82, 2.24) is 9.80 Å². The van der Waals surface area contributed by atoms with Gasteiger partial charge in [0.15, 0.2) is 0 Å². The number of rotatable bonds is 6. The zero-order valence-corrected chi connectivity index (χ0v) is 11.6. The third kappa shape index (κ3) is 4.06. The lowest BCUT2D eigenvalue weighted by Gasteiger charge is -2.26. The summed E-state index contributed by atoms with van der Waals surface area (Å²) < 4.78 is 10.7. The number of carboxylic acid groups (broad SMARTS) is 1. The summed E-state index contributed by atoms with van der Waals surface area (Å²) in [6, 6.07) is 0.162. The van der Waals surface area contributed by atoms with E-state index in [4.69, 9.17) is 14.6 Å². The first-order valence-electron chi connectivity index (χ1n) is 7.03. The Morgan fingerprint density at radius 3 is 2.89 bits per heavy atom. The monoisotopic (exact) mass is 272 g/mol. The molecule has 6 nitrogen and oxygen atoms in total. The lowest BCUT2D eigenvalue weighted by atomic mass is 10.2. The number of hydrogen-bond donors (Lipinski definition) is 1. The molecule has 0 aromatic rings. The lowest BCUT2D eigenvalue weighted by molar-refractivity contribution is 0.0212. The number of methoxy groups -OCH3 is 1. The summed E-state index contributed by atoms with van der Waals surface area (Å²) in [5.41, 5.74) is 0. The quantitative estimate of drug-likeness (QED) is 0.727. The second-order valence-corrected chi connectivity index (χ2v) is 5.31. The van der Waals surface area contributed by atoms with Crippen LogP contribution in [0.25, 0.3) is 0 Å². The molecule has 2 atom stereocenters. The highest BCUT2D eigenvalue weighted by atomic mass is 16.5. The van der Waals surface area contributed by atoms with Crippen molar-refractivity contribution < 1.29 is 19.4 Å². The SMILES string of the molecule is COCCOC1CCN(CC2CCCN2C(=O)O)C1. The van der Waals surface area contributed by atoms with E-state index in [0.717, 1.165) is 38.9 Å². The molecule has 110 valence electrons. The van der Waals surface area contributed by atoms with Crippen LogP contribution in [0.4, 0.5) is 4.79 Å². The second kappa shape index (κ2) is 7.07. The van der Waals surface area contributed by atoms with Gasteiger partial charge in [-0.25, -0.2) is 4.79 Å². The molecule has 2 unspecified atom stereocenters. The molecule has 2 fully saturated rings. The molecule has 2 rings (SSSR count). The minimum atomic E-state index is -0.783. The van der Waals surface area contributed by atoms with Crippen LogP contribution in [0.15, 0.2) is 0 Å². The fourth-order valence-corrected chi connectivity index (χ4v) is 2.97. The molecule has 2 aliphatic rings. The van der Waals surface area contributed by atoms with Gasteiger partial charge in [0.2, 0.25) is 0 Å². The normalized spacial score (nSPS) is 28.2. The Hall–Kier alpha value is -0.850. The zero-order valence-electron chi connectivity index (χ0n) is 11.6. The van der Waals surface area contributed by atoms with Gasteiger partial charge >= 0.3 is 6.09 Å². The maximum atomic E-state index is 11.1. The number of likely N-dealkylation sites (tertiary alicyclic amines) is 2. The van der Waals surface area contributed by atoms with E-state index in [-0.39, 0.29) is 12.1 Å². The van der Waals surface area contributed by atoms with Crippen molar-refractivity contribution in [2.24, 2.45) is 0 Å². The van der Waals surface area contributed by atoms with Gasteiger partial charge in [0.1, 0.15) is 0 Å². The summed E-state index contributed by atoms with van der Waals surface area (Å²) in [5.74, 6) is 0. The Bertz CT molecular complexity index is 300. The van der Waals surface area contributed by atoms with Crippen molar-refractivity contribution >= 4 is 6.09 Å². The third-order valence-corrected chi connectivity index (χ3v) is 3.96. The van der Waals surface area contributed by atoms with Gasteiger partial charge in [0.05, 0.1) is 19.3 Å². The summed E-state index contributed by atoms with van der Waals surface area (Å²) in [6.07, 6.45) is 2.49. The maximum Gasteiger partial charge on any atom is 0.407 e. The minimum Gasteiger partial charge on any atom is -0.465 e. The van der Waals surface area contributed by atoms with Gasteiger partial charge < -0.3 is 19.5 Å². The first kappa shape index (κ1) is 14.6. The maximum absolute atomic E-state index is 11.1. The van der Waals surface area contributed by atoms with Gasteiger partial charge in [0, 0.05) is 39.3 Å². The van der Waals surface area contributed by atoms with E-state index in [1.165, 1.54) is 0 Å². The van der Waals surface area contributed by atoms with Gasteiger partial charge in [-0.05, 0) is 19.3 Å². The minimum absolute atomic E-state index is 0.162. The molecule has 1 amide bonds. The smallest absolute Gasteiger partial charge is 0.407 e. The Labute approximate surface area is 114 Å². The number of hydrogen-bond acceptors (Lipinski definition) is 4. The molecule has 2 aliphatic heterocycles. The zero-order chi connectivity index (χ0) is 13.7. The number of amides is 1. The largest absolute Gasteiger partial charge is 0.465 e. The highest BCUT2D eigenvalue weighted by molar-refractivity contribution is 5.65. The number of carbonyl (C=O) groups is 1. The Morgan fingerprint density at radius 2 is 2.16 bits per heavy atom.